The largest absolute Gasteiger partial charge is 0.468 e. The van der Waals surface area contributed by atoms with E-state index in [-0.39, 0.29) is 5.69 Å². The highest BCUT2D eigenvalue weighted by molar-refractivity contribution is 5.84. The molecule has 1 aliphatic rings. The number of nitriles is 1. The highest BCUT2D eigenvalue weighted by Crippen LogP contribution is 2.25. The number of esters is 1. The van der Waals surface area contributed by atoms with Crippen LogP contribution in [0.4, 0.5) is 5.82 Å². The molecule has 1 fully saturated rings. The van der Waals surface area contributed by atoms with E-state index in [0.29, 0.717) is 23.4 Å². The van der Waals surface area contributed by atoms with Gasteiger partial charge in [-0.15, -0.1) is 0 Å². The van der Waals surface area contributed by atoms with Crippen molar-refractivity contribution in [3.8, 4) is 6.07 Å². The summed E-state index contributed by atoms with van der Waals surface area (Å²) in [4.78, 5) is 23.9. The first-order valence-corrected chi connectivity index (χ1v) is 11.4. The third kappa shape index (κ3) is 5.47. The van der Waals surface area contributed by atoms with Gasteiger partial charge < -0.3 is 10.1 Å². The maximum Gasteiger partial charge on any atom is 0.329 e. The lowest BCUT2D eigenvalue weighted by Crippen LogP contribution is -2.32. The van der Waals surface area contributed by atoms with Crippen molar-refractivity contribution in [2.75, 3.05) is 25.5 Å². The third-order valence-electron chi connectivity index (χ3n) is 6.20. The van der Waals surface area contributed by atoms with Crippen LogP contribution < -0.4 is 5.32 Å². The lowest BCUT2D eigenvalue weighted by Gasteiger charge is -2.30. The number of fused-ring (bicyclic) bond motifs is 1. The van der Waals surface area contributed by atoms with E-state index in [0.717, 1.165) is 31.1 Å². The van der Waals surface area contributed by atoms with Crippen molar-refractivity contribution < 1.29 is 9.53 Å². The van der Waals surface area contributed by atoms with Crippen molar-refractivity contribution in [1.82, 2.24) is 14.9 Å². The summed E-state index contributed by atoms with van der Waals surface area (Å²) in [6.07, 6.45) is 2.54. The van der Waals surface area contributed by atoms with Gasteiger partial charge in [0, 0.05) is 13.1 Å². The number of rotatable bonds is 7. The molecule has 33 heavy (non-hydrogen) atoms. The number of hydrogen-bond acceptors (Lipinski definition) is 7. The molecule has 4 rings (SSSR count). The Bertz CT molecular complexity index is 1150. The second-order valence-electron chi connectivity index (χ2n) is 8.66. The molecule has 0 amide bonds. The lowest BCUT2D eigenvalue weighted by atomic mass is 9.99. The van der Waals surface area contributed by atoms with Gasteiger partial charge in [-0.3, -0.25) is 9.69 Å². The fourth-order valence-electron chi connectivity index (χ4n) is 4.12. The average molecular weight is 444 g/mol. The molecule has 0 radical (unpaired) electrons. The lowest BCUT2D eigenvalue weighted by molar-refractivity contribution is -0.141. The predicted octanol–water partition coefficient (Wildman–Crippen LogP) is 4.25. The first-order chi connectivity index (χ1) is 16.1. The molecule has 2 aromatic carbocycles. The SMILES string of the molecule is COC(=O)[C@@H](C#N)c1nc2ccccc2nc1NCc1ccc(CN2CCC(C)CC2)cc1. The summed E-state index contributed by atoms with van der Waals surface area (Å²) in [5.41, 5.74) is 3.97. The number of benzene rings is 2. The summed E-state index contributed by atoms with van der Waals surface area (Å²) in [6.45, 7) is 6.13. The highest BCUT2D eigenvalue weighted by atomic mass is 16.5. The number of ether oxygens (including phenoxy) is 1. The minimum atomic E-state index is -1.15. The molecule has 170 valence electrons. The van der Waals surface area contributed by atoms with Gasteiger partial charge in [-0.25, -0.2) is 9.97 Å². The Morgan fingerprint density at radius 2 is 1.76 bits per heavy atom. The molecular formula is C26H29N5O2. The molecular weight excluding hydrogens is 414 g/mol. The third-order valence-corrected chi connectivity index (χ3v) is 6.20. The second-order valence-corrected chi connectivity index (χ2v) is 8.66. The molecule has 1 aromatic heterocycles. The van der Waals surface area contributed by atoms with Gasteiger partial charge in [0.25, 0.3) is 0 Å². The zero-order valence-corrected chi connectivity index (χ0v) is 19.1. The van der Waals surface area contributed by atoms with Crippen molar-refractivity contribution in [3.63, 3.8) is 0 Å². The van der Waals surface area contributed by atoms with E-state index in [1.165, 1.54) is 25.5 Å². The van der Waals surface area contributed by atoms with Crippen LogP contribution in [0.15, 0.2) is 48.5 Å². The van der Waals surface area contributed by atoms with Crippen LogP contribution in [0.3, 0.4) is 0 Å². The number of likely N-dealkylation sites (tertiary alicyclic amines) is 1. The summed E-state index contributed by atoms with van der Waals surface area (Å²) >= 11 is 0. The van der Waals surface area contributed by atoms with E-state index in [9.17, 15) is 10.1 Å². The van der Waals surface area contributed by atoms with Crippen LogP contribution in [-0.2, 0) is 22.6 Å². The zero-order valence-electron chi connectivity index (χ0n) is 19.1. The minimum absolute atomic E-state index is 0.277. The molecule has 1 aliphatic heterocycles. The van der Waals surface area contributed by atoms with Gasteiger partial charge in [-0.05, 0) is 55.1 Å². The normalized spacial score (nSPS) is 15.7. The molecule has 1 atom stereocenters. The van der Waals surface area contributed by atoms with Crippen LogP contribution in [0.2, 0.25) is 0 Å². The number of nitrogens with one attached hydrogen (secondary N) is 1. The number of piperidine rings is 1. The number of carbonyl (C=O) groups excluding carboxylic acids is 1. The van der Waals surface area contributed by atoms with E-state index in [2.05, 4.69) is 51.4 Å². The maximum atomic E-state index is 12.2. The van der Waals surface area contributed by atoms with Crippen LogP contribution >= 0.6 is 0 Å². The molecule has 1 saturated heterocycles. The monoisotopic (exact) mass is 443 g/mol. The topological polar surface area (TPSA) is 91.1 Å². The van der Waals surface area contributed by atoms with E-state index in [4.69, 9.17) is 4.74 Å². The van der Waals surface area contributed by atoms with Crippen LogP contribution in [0, 0.1) is 17.2 Å². The molecule has 0 spiro atoms. The number of aromatic nitrogens is 2. The summed E-state index contributed by atoms with van der Waals surface area (Å²) in [5, 5.41) is 12.9. The first kappa shape index (κ1) is 22.7. The first-order valence-electron chi connectivity index (χ1n) is 11.4. The molecule has 0 saturated carbocycles. The molecule has 0 unspecified atom stereocenters. The molecule has 7 nitrogen and oxygen atoms in total. The summed E-state index contributed by atoms with van der Waals surface area (Å²) in [5.74, 6) is -0.555. The van der Waals surface area contributed by atoms with Gasteiger partial charge in [0.15, 0.2) is 11.7 Å². The predicted molar refractivity (Wildman–Crippen MR) is 127 cm³/mol. The Kier molecular flexibility index (Phi) is 7.16. The quantitative estimate of drug-likeness (QED) is 0.546. The van der Waals surface area contributed by atoms with Crippen molar-refractivity contribution >= 4 is 22.8 Å². The summed E-state index contributed by atoms with van der Waals surface area (Å²) in [6, 6.07) is 17.9. The van der Waals surface area contributed by atoms with Crippen molar-refractivity contribution in [2.24, 2.45) is 5.92 Å². The standard InChI is InChI=1S/C26H29N5O2/c1-18-11-13-31(14-12-18)17-20-9-7-19(8-10-20)16-28-25-24(21(15-27)26(32)33-2)29-22-5-3-4-6-23(22)30-25/h3-10,18,21H,11-14,16-17H2,1-2H3,(H,28,30)/t21-/m0/s1. The number of carbonyl (C=O) groups is 1. The van der Waals surface area contributed by atoms with Crippen LogP contribution in [0.1, 0.15) is 42.5 Å². The van der Waals surface area contributed by atoms with E-state index < -0.39 is 11.9 Å². The smallest absolute Gasteiger partial charge is 0.329 e. The van der Waals surface area contributed by atoms with Crippen molar-refractivity contribution in [3.05, 3.63) is 65.4 Å². The van der Waals surface area contributed by atoms with Crippen LogP contribution in [-0.4, -0.2) is 41.0 Å². The van der Waals surface area contributed by atoms with Crippen molar-refractivity contribution in [1.29, 1.82) is 5.26 Å². The molecule has 3 aromatic rings. The van der Waals surface area contributed by atoms with E-state index in [1.54, 1.807) is 0 Å². The van der Waals surface area contributed by atoms with Gasteiger partial charge in [-0.2, -0.15) is 5.26 Å². The second kappa shape index (κ2) is 10.4. The fourth-order valence-corrected chi connectivity index (χ4v) is 4.12. The van der Waals surface area contributed by atoms with Gasteiger partial charge in [0.1, 0.15) is 5.69 Å². The maximum absolute atomic E-state index is 12.2. The molecule has 7 heteroatoms. The Labute approximate surface area is 194 Å². The summed E-state index contributed by atoms with van der Waals surface area (Å²) in [7, 11) is 1.26. The minimum Gasteiger partial charge on any atom is -0.468 e. The Morgan fingerprint density at radius 3 is 2.39 bits per heavy atom. The van der Waals surface area contributed by atoms with Gasteiger partial charge >= 0.3 is 5.97 Å². The molecule has 1 N–H and O–H groups in total. The Balaban J connectivity index is 1.49. The Morgan fingerprint density at radius 1 is 1.12 bits per heavy atom. The molecule has 0 aliphatic carbocycles. The van der Waals surface area contributed by atoms with Crippen LogP contribution in [0.25, 0.3) is 11.0 Å². The van der Waals surface area contributed by atoms with Gasteiger partial charge in [-0.1, -0.05) is 43.3 Å². The number of anilines is 1. The fraction of sp³-hybridized carbons (Fsp3) is 0.385. The average Bonchev–Trinajstić information content (AvgIpc) is 2.85. The van der Waals surface area contributed by atoms with Gasteiger partial charge in [0.2, 0.25) is 0 Å². The summed E-state index contributed by atoms with van der Waals surface area (Å²) < 4.78 is 4.81. The number of methoxy groups -OCH3 is 1. The van der Waals surface area contributed by atoms with Crippen molar-refractivity contribution in [2.45, 2.75) is 38.8 Å². The zero-order chi connectivity index (χ0) is 23.2. The van der Waals surface area contributed by atoms with Gasteiger partial charge in [0.05, 0.1) is 24.2 Å². The highest BCUT2D eigenvalue weighted by Gasteiger charge is 2.27. The number of nitrogens with zero attached hydrogens (tertiary/aromatic N) is 4. The van der Waals surface area contributed by atoms with E-state index >= 15 is 0 Å². The Hall–Kier alpha value is -3.50. The molecule has 2 heterocycles. The van der Waals surface area contributed by atoms with E-state index in [1.807, 2.05) is 30.3 Å². The molecule has 0 bridgehead atoms. The number of hydrogen-bond donors (Lipinski definition) is 1. The number of para-hydroxylation sites is 2. The van der Waals surface area contributed by atoms with Crippen LogP contribution in [0.5, 0.6) is 0 Å².